The maximum absolute atomic E-state index is 13.5. The minimum Gasteiger partial charge on any atom is -0.481 e. The largest absolute Gasteiger partial charge is 0.481 e. The summed E-state index contributed by atoms with van der Waals surface area (Å²) in [5.74, 6) is -0.585. The van der Waals surface area contributed by atoms with E-state index in [4.69, 9.17) is 32.9 Å². The Morgan fingerprint density at radius 3 is 2.72 bits per heavy atom. The van der Waals surface area contributed by atoms with Gasteiger partial charge in [-0.05, 0) is 62.9 Å². The van der Waals surface area contributed by atoms with E-state index in [-0.39, 0.29) is 18.1 Å². The maximum Gasteiger partial charge on any atom is 0.305 e. The fourth-order valence-corrected chi connectivity index (χ4v) is 4.59. The number of aromatic nitrogens is 3. The Labute approximate surface area is 237 Å². The highest BCUT2D eigenvalue weighted by Gasteiger charge is 2.24. The standard InChI is InChI=1S/C28H33Cl2N5O4/c1-28(2,3)39-16-24-20(27(38)33-23(14-25(36)37)18-7-9-21(29)22(30)13-18)15-35(34-24)12-10-19-8-6-17-5-4-11-31-26(17)32-19/h6-9,13,15,23H,4-5,10-12,14,16H2,1-3H3,(H,31,32)(H,33,38)(H,36,37). The third-order valence-corrected chi connectivity index (χ3v) is 7.04. The SMILES string of the molecule is CC(C)(C)OCc1nn(CCc2ccc3c(n2)NCCC3)cc1C(=O)NC(CC(=O)O)c1ccc(Cl)c(Cl)c1. The molecule has 0 fully saturated rings. The smallest absolute Gasteiger partial charge is 0.305 e. The Bertz CT molecular complexity index is 1350. The quantitative estimate of drug-likeness (QED) is 0.295. The number of benzene rings is 1. The summed E-state index contributed by atoms with van der Waals surface area (Å²) in [4.78, 5) is 29.8. The minimum atomic E-state index is -1.06. The van der Waals surface area contributed by atoms with Crippen LogP contribution in [0.3, 0.4) is 0 Å². The number of ether oxygens (including phenoxy) is 1. The number of hydrogen-bond acceptors (Lipinski definition) is 6. The molecule has 1 aliphatic rings. The molecule has 2 aromatic heterocycles. The summed E-state index contributed by atoms with van der Waals surface area (Å²) < 4.78 is 7.63. The van der Waals surface area contributed by atoms with Gasteiger partial charge in [0.05, 0.1) is 40.3 Å². The predicted octanol–water partition coefficient (Wildman–Crippen LogP) is 5.45. The van der Waals surface area contributed by atoms with Gasteiger partial charge in [0.1, 0.15) is 11.5 Å². The molecule has 1 amide bonds. The van der Waals surface area contributed by atoms with Crippen molar-refractivity contribution in [3.8, 4) is 0 Å². The molecule has 0 bridgehead atoms. The van der Waals surface area contributed by atoms with Crippen LogP contribution in [0.1, 0.15) is 72.5 Å². The van der Waals surface area contributed by atoms with Crippen LogP contribution in [0.25, 0.3) is 0 Å². The summed E-state index contributed by atoms with van der Waals surface area (Å²) in [5, 5.41) is 20.9. The van der Waals surface area contributed by atoms with Crippen LogP contribution in [-0.4, -0.2) is 43.9 Å². The number of hydrogen-bond donors (Lipinski definition) is 3. The zero-order valence-corrected chi connectivity index (χ0v) is 23.8. The van der Waals surface area contributed by atoms with Gasteiger partial charge in [0, 0.05) is 31.4 Å². The molecule has 3 aromatic rings. The van der Waals surface area contributed by atoms with Crippen LogP contribution in [0.15, 0.2) is 36.5 Å². The van der Waals surface area contributed by atoms with Crippen molar-refractivity contribution in [3.63, 3.8) is 0 Å². The third kappa shape index (κ3) is 7.94. The number of anilines is 1. The number of fused-ring (bicyclic) bond motifs is 1. The Morgan fingerprint density at radius 2 is 2.00 bits per heavy atom. The topological polar surface area (TPSA) is 118 Å². The van der Waals surface area contributed by atoms with Crippen LogP contribution >= 0.6 is 23.2 Å². The number of nitrogens with zero attached hydrogens (tertiary/aromatic N) is 3. The number of pyridine rings is 1. The van der Waals surface area contributed by atoms with Gasteiger partial charge in [0.15, 0.2) is 0 Å². The van der Waals surface area contributed by atoms with Crippen LogP contribution in [0.2, 0.25) is 10.0 Å². The van der Waals surface area contributed by atoms with E-state index in [0.29, 0.717) is 34.8 Å². The van der Waals surface area contributed by atoms with Gasteiger partial charge in [-0.1, -0.05) is 35.3 Å². The highest BCUT2D eigenvalue weighted by atomic mass is 35.5. The summed E-state index contributed by atoms with van der Waals surface area (Å²) in [6.07, 6.45) is 4.09. The molecule has 11 heteroatoms. The van der Waals surface area contributed by atoms with Crippen molar-refractivity contribution in [2.24, 2.45) is 0 Å². The van der Waals surface area contributed by atoms with Crippen molar-refractivity contribution in [2.45, 2.75) is 71.2 Å². The fourth-order valence-electron chi connectivity index (χ4n) is 4.29. The van der Waals surface area contributed by atoms with E-state index in [1.54, 1.807) is 29.1 Å². The molecule has 208 valence electrons. The summed E-state index contributed by atoms with van der Waals surface area (Å²) in [6.45, 7) is 7.32. The minimum absolute atomic E-state index is 0.122. The number of carboxylic acids is 1. The molecule has 0 spiro atoms. The Balaban J connectivity index is 1.55. The molecule has 9 nitrogen and oxygen atoms in total. The van der Waals surface area contributed by atoms with Crippen molar-refractivity contribution < 1.29 is 19.4 Å². The summed E-state index contributed by atoms with van der Waals surface area (Å²) in [6, 6.07) is 8.10. The number of nitrogens with one attached hydrogen (secondary N) is 2. The van der Waals surface area contributed by atoms with Crippen molar-refractivity contribution in [1.29, 1.82) is 0 Å². The molecule has 0 saturated carbocycles. The van der Waals surface area contributed by atoms with Gasteiger partial charge in [-0.2, -0.15) is 5.10 Å². The lowest BCUT2D eigenvalue weighted by Gasteiger charge is -2.20. The van der Waals surface area contributed by atoms with Gasteiger partial charge in [0.25, 0.3) is 5.91 Å². The molecule has 1 atom stereocenters. The highest BCUT2D eigenvalue weighted by molar-refractivity contribution is 6.42. The summed E-state index contributed by atoms with van der Waals surface area (Å²) in [7, 11) is 0. The van der Waals surface area contributed by atoms with E-state index in [1.807, 2.05) is 26.8 Å². The molecule has 39 heavy (non-hydrogen) atoms. The second-order valence-electron chi connectivity index (χ2n) is 10.5. The van der Waals surface area contributed by atoms with Crippen LogP contribution in [-0.2, 0) is 35.5 Å². The molecule has 3 heterocycles. The second kappa shape index (κ2) is 12.4. The maximum atomic E-state index is 13.5. The number of amides is 1. The number of aryl methyl sites for hydroxylation is 3. The van der Waals surface area contributed by atoms with Gasteiger partial charge in [-0.3, -0.25) is 14.3 Å². The van der Waals surface area contributed by atoms with E-state index in [0.717, 1.165) is 30.9 Å². The molecule has 1 aromatic carbocycles. The number of carbonyl (C=O) groups is 2. The Morgan fingerprint density at radius 1 is 1.21 bits per heavy atom. The first-order chi connectivity index (χ1) is 18.5. The number of carbonyl (C=O) groups excluding carboxylic acids is 1. The van der Waals surface area contributed by atoms with E-state index >= 15 is 0 Å². The number of carboxylic acid groups (broad SMARTS) is 1. The molecule has 4 rings (SSSR count). The first-order valence-corrected chi connectivity index (χ1v) is 13.6. The van der Waals surface area contributed by atoms with E-state index in [2.05, 4.69) is 21.8 Å². The lowest BCUT2D eigenvalue weighted by Crippen LogP contribution is -2.31. The zero-order chi connectivity index (χ0) is 28.2. The lowest BCUT2D eigenvalue weighted by molar-refractivity contribution is -0.137. The van der Waals surface area contributed by atoms with Crippen LogP contribution in [0.4, 0.5) is 5.82 Å². The Kier molecular flexibility index (Phi) is 9.15. The van der Waals surface area contributed by atoms with E-state index in [1.165, 1.54) is 5.56 Å². The van der Waals surface area contributed by atoms with Gasteiger partial charge in [-0.25, -0.2) is 4.98 Å². The normalized spacial score (nSPS) is 13.9. The van der Waals surface area contributed by atoms with Gasteiger partial charge in [0.2, 0.25) is 0 Å². The zero-order valence-electron chi connectivity index (χ0n) is 22.3. The molecular weight excluding hydrogens is 541 g/mol. The van der Waals surface area contributed by atoms with Crippen LogP contribution < -0.4 is 10.6 Å². The van der Waals surface area contributed by atoms with Gasteiger partial charge in [-0.15, -0.1) is 0 Å². The molecule has 0 saturated heterocycles. The van der Waals surface area contributed by atoms with Crippen molar-refractivity contribution in [2.75, 3.05) is 11.9 Å². The van der Waals surface area contributed by atoms with Crippen molar-refractivity contribution >= 4 is 40.9 Å². The average Bonchev–Trinajstić information content (AvgIpc) is 3.30. The first kappa shape index (κ1) is 28.9. The molecule has 0 aliphatic carbocycles. The predicted molar refractivity (Wildman–Crippen MR) is 150 cm³/mol. The van der Waals surface area contributed by atoms with E-state index < -0.39 is 23.5 Å². The summed E-state index contributed by atoms with van der Waals surface area (Å²) in [5.41, 5.74) is 3.03. The molecular formula is C28H33Cl2N5O4. The summed E-state index contributed by atoms with van der Waals surface area (Å²) >= 11 is 12.2. The third-order valence-electron chi connectivity index (χ3n) is 6.30. The van der Waals surface area contributed by atoms with Gasteiger partial charge < -0.3 is 20.5 Å². The average molecular weight is 575 g/mol. The Hall–Kier alpha value is -3.14. The van der Waals surface area contributed by atoms with E-state index in [9.17, 15) is 14.7 Å². The van der Waals surface area contributed by atoms with Gasteiger partial charge >= 0.3 is 5.97 Å². The second-order valence-corrected chi connectivity index (χ2v) is 11.4. The van der Waals surface area contributed by atoms with Crippen LogP contribution in [0, 0.1) is 0 Å². The first-order valence-electron chi connectivity index (χ1n) is 12.9. The number of halogens is 2. The molecule has 0 radical (unpaired) electrons. The molecule has 1 aliphatic heterocycles. The lowest BCUT2D eigenvalue weighted by atomic mass is 10.0. The molecule has 1 unspecified atom stereocenters. The molecule has 3 N–H and O–H groups in total. The van der Waals surface area contributed by atoms with Crippen molar-refractivity contribution in [1.82, 2.24) is 20.1 Å². The van der Waals surface area contributed by atoms with Crippen molar-refractivity contribution in [3.05, 3.63) is 74.7 Å². The number of aliphatic carboxylic acids is 1. The highest BCUT2D eigenvalue weighted by Crippen LogP contribution is 2.28. The fraction of sp³-hybridized carbons (Fsp3) is 0.429. The number of rotatable bonds is 10. The van der Waals surface area contributed by atoms with Crippen LogP contribution in [0.5, 0.6) is 0 Å². The monoisotopic (exact) mass is 573 g/mol.